The molecule has 2 atom stereocenters. The molecule has 2 saturated heterocycles. The molecule has 5 nitrogen and oxygen atoms in total. The van der Waals surface area contributed by atoms with E-state index in [9.17, 15) is 18.0 Å². The highest BCUT2D eigenvalue weighted by atomic mass is 19.4. The van der Waals surface area contributed by atoms with Gasteiger partial charge in [-0.1, -0.05) is 24.3 Å². The molecule has 0 saturated carbocycles. The van der Waals surface area contributed by atoms with Crippen molar-refractivity contribution in [2.24, 2.45) is 0 Å². The van der Waals surface area contributed by atoms with Gasteiger partial charge in [0.25, 0.3) is 5.91 Å². The minimum Gasteiger partial charge on any atom is -0.337 e. The van der Waals surface area contributed by atoms with E-state index in [2.05, 4.69) is 14.9 Å². The first-order chi connectivity index (χ1) is 15.4. The summed E-state index contributed by atoms with van der Waals surface area (Å²) in [5.74, 6) is 0.642. The molecule has 1 amide bonds. The van der Waals surface area contributed by atoms with E-state index in [-0.39, 0.29) is 18.0 Å². The van der Waals surface area contributed by atoms with Crippen LogP contribution in [0.4, 0.5) is 19.1 Å². The zero-order valence-electron chi connectivity index (χ0n) is 17.2. The second kappa shape index (κ2) is 7.93. The third-order valence-electron chi connectivity index (χ3n) is 6.21. The molecule has 5 rings (SSSR count). The molecule has 2 aliphatic heterocycles. The lowest BCUT2D eigenvalue weighted by Gasteiger charge is -2.41. The molecule has 1 aromatic heterocycles. The van der Waals surface area contributed by atoms with E-state index < -0.39 is 11.7 Å². The summed E-state index contributed by atoms with van der Waals surface area (Å²) in [6.45, 7) is 1.38. The fourth-order valence-corrected chi connectivity index (χ4v) is 4.68. The predicted molar refractivity (Wildman–Crippen MR) is 114 cm³/mol. The minimum atomic E-state index is -4.39. The van der Waals surface area contributed by atoms with Gasteiger partial charge in [0, 0.05) is 31.0 Å². The van der Waals surface area contributed by atoms with Crippen molar-refractivity contribution in [2.75, 3.05) is 18.0 Å². The van der Waals surface area contributed by atoms with Gasteiger partial charge < -0.3 is 9.80 Å². The van der Waals surface area contributed by atoms with Gasteiger partial charge in [-0.15, -0.1) is 0 Å². The number of piperazine rings is 1. The van der Waals surface area contributed by atoms with Gasteiger partial charge in [-0.2, -0.15) is 13.2 Å². The highest BCUT2D eigenvalue weighted by molar-refractivity contribution is 5.95. The highest BCUT2D eigenvalue weighted by Crippen LogP contribution is 2.34. The van der Waals surface area contributed by atoms with Gasteiger partial charge in [0.05, 0.1) is 17.6 Å². The summed E-state index contributed by atoms with van der Waals surface area (Å²) in [6.07, 6.45) is 0.906. The molecule has 0 radical (unpaired) electrons. The number of alkyl halides is 3. The first-order valence-electron chi connectivity index (χ1n) is 10.5. The van der Waals surface area contributed by atoms with Gasteiger partial charge in [0.2, 0.25) is 5.95 Å². The zero-order chi connectivity index (χ0) is 22.3. The summed E-state index contributed by atoms with van der Waals surface area (Å²) < 4.78 is 39.0. The van der Waals surface area contributed by atoms with Crippen molar-refractivity contribution in [3.8, 4) is 11.1 Å². The Labute approximate surface area is 183 Å². The Bertz CT molecular complexity index is 1100. The lowest BCUT2D eigenvalue weighted by atomic mass is 10.0. The summed E-state index contributed by atoms with van der Waals surface area (Å²) in [5, 5.41) is 0. The first-order valence-corrected chi connectivity index (χ1v) is 10.5. The van der Waals surface area contributed by atoms with Crippen LogP contribution >= 0.6 is 0 Å². The van der Waals surface area contributed by atoms with Gasteiger partial charge in [-0.05, 0) is 54.3 Å². The Hall–Kier alpha value is -3.42. The summed E-state index contributed by atoms with van der Waals surface area (Å²) in [4.78, 5) is 26.0. The van der Waals surface area contributed by atoms with Gasteiger partial charge in [0.15, 0.2) is 0 Å². The van der Waals surface area contributed by atoms with Crippen molar-refractivity contribution in [3.63, 3.8) is 0 Å². The van der Waals surface area contributed by atoms with E-state index in [0.717, 1.165) is 25.0 Å². The number of aromatic nitrogens is 2. The van der Waals surface area contributed by atoms with Crippen LogP contribution in [0.5, 0.6) is 0 Å². The second-order valence-electron chi connectivity index (χ2n) is 8.21. The fourth-order valence-electron chi connectivity index (χ4n) is 4.68. The number of hydrogen-bond donors (Lipinski definition) is 0. The molecule has 2 fully saturated rings. The van der Waals surface area contributed by atoms with Gasteiger partial charge >= 0.3 is 6.18 Å². The quantitative estimate of drug-likeness (QED) is 0.597. The van der Waals surface area contributed by atoms with Crippen LogP contribution in [0.2, 0.25) is 0 Å². The van der Waals surface area contributed by atoms with Gasteiger partial charge in [0.1, 0.15) is 0 Å². The number of carbonyl (C=O) groups excluding carboxylic acids is 1. The van der Waals surface area contributed by atoms with Gasteiger partial charge in [-0.25, -0.2) is 9.97 Å². The lowest BCUT2D eigenvalue weighted by Crippen LogP contribution is -2.56. The fraction of sp³-hybridized carbons (Fsp3) is 0.292. The Kier molecular flexibility index (Phi) is 5.07. The SMILES string of the molecule is O=C(c1ccc(-c2cccc(C(F)(F)F)c2)cc1)N1C2CCC1CN(c1ncccn1)C2. The molecule has 0 aliphatic carbocycles. The second-order valence-corrected chi connectivity index (χ2v) is 8.21. The number of amides is 1. The predicted octanol–water partition coefficient (Wildman–Crippen LogP) is 4.66. The highest BCUT2D eigenvalue weighted by Gasteiger charge is 2.43. The number of hydrogen-bond acceptors (Lipinski definition) is 4. The molecule has 2 aromatic carbocycles. The van der Waals surface area contributed by atoms with E-state index >= 15 is 0 Å². The lowest BCUT2D eigenvalue weighted by molar-refractivity contribution is -0.137. The molecular weight excluding hydrogens is 417 g/mol. The van der Waals surface area contributed by atoms with Gasteiger partial charge in [-0.3, -0.25) is 4.79 Å². The summed E-state index contributed by atoms with van der Waals surface area (Å²) in [6, 6.07) is 14.0. The topological polar surface area (TPSA) is 49.3 Å². The maximum Gasteiger partial charge on any atom is 0.416 e. The smallest absolute Gasteiger partial charge is 0.337 e. The van der Waals surface area contributed by atoms with Crippen LogP contribution in [0.1, 0.15) is 28.8 Å². The number of carbonyl (C=O) groups is 1. The van der Waals surface area contributed by atoms with Crippen LogP contribution in [0.3, 0.4) is 0 Å². The van der Waals surface area contributed by atoms with Crippen LogP contribution < -0.4 is 4.90 Å². The zero-order valence-corrected chi connectivity index (χ0v) is 17.2. The number of nitrogens with zero attached hydrogens (tertiary/aromatic N) is 4. The molecule has 0 spiro atoms. The van der Waals surface area contributed by atoms with Crippen LogP contribution in [-0.2, 0) is 6.18 Å². The molecule has 2 aliphatic rings. The van der Waals surface area contributed by atoms with Crippen LogP contribution in [-0.4, -0.2) is 45.9 Å². The number of benzene rings is 2. The van der Waals surface area contributed by atoms with Crippen molar-refractivity contribution in [3.05, 3.63) is 78.1 Å². The van der Waals surface area contributed by atoms with E-state index in [0.29, 0.717) is 35.7 Å². The van der Waals surface area contributed by atoms with E-state index in [1.54, 1.807) is 48.8 Å². The molecule has 3 aromatic rings. The molecule has 0 N–H and O–H groups in total. The van der Waals surface area contributed by atoms with E-state index in [1.165, 1.54) is 6.07 Å². The Morgan fingerprint density at radius 3 is 2.16 bits per heavy atom. The average Bonchev–Trinajstić information content (AvgIpc) is 3.07. The maximum atomic E-state index is 13.3. The molecule has 8 heteroatoms. The minimum absolute atomic E-state index is 0.0401. The number of halogens is 3. The van der Waals surface area contributed by atoms with Crippen LogP contribution in [0.15, 0.2) is 67.0 Å². The first kappa shape index (κ1) is 20.5. The number of fused-ring (bicyclic) bond motifs is 2. The average molecular weight is 438 g/mol. The molecule has 32 heavy (non-hydrogen) atoms. The molecule has 2 unspecified atom stereocenters. The Balaban J connectivity index is 1.33. The third kappa shape index (κ3) is 3.81. The maximum absolute atomic E-state index is 13.3. The van der Waals surface area contributed by atoms with Crippen molar-refractivity contribution in [2.45, 2.75) is 31.1 Å². The summed E-state index contributed by atoms with van der Waals surface area (Å²) in [7, 11) is 0. The third-order valence-corrected chi connectivity index (χ3v) is 6.21. The molecule has 2 bridgehead atoms. The van der Waals surface area contributed by atoms with Crippen molar-refractivity contribution in [1.29, 1.82) is 0 Å². The van der Waals surface area contributed by atoms with Crippen LogP contribution in [0.25, 0.3) is 11.1 Å². The number of anilines is 1. The summed E-state index contributed by atoms with van der Waals surface area (Å²) >= 11 is 0. The molecule has 164 valence electrons. The van der Waals surface area contributed by atoms with E-state index in [1.807, 2.05) is 4.90 Å². The Morgan fingerprint density at radius 2 is 1.53 bits per heavy atom. The van der Waals surface area contributed by atoms with E-state index in [4.69, 9.17) is 0 Å². The molecule has 3 heterocycles. The monoisotopic (exact) mass is 438 g/mol. The van der Waals surface area contributed by atoms with Crippen molar-refractivity contribution < 1.29 is 18.0 Å². The summed E-state index contributed by atoms with van der Waals surface area (Å²) in [5.41, 5.74) is 0.964. The Morgan fingerprint density at radius 1 is 0.875 bits per heavy atom. The van der Waals surface area contributed by atoms with Crippen LogP contribution in [0, 0.1) is 0 Å². The molecular formula is C24H21F3N4O. The van der Waals surface area contributed by atoms with Crippen molar-refractivity contribution >= 4 is 11.9 Å². The number of rotatable bonds is 3. The largest absolute Gasteiger partial charge is 0.416 e. The van der Waals surface area contributed by atoms with Crippen molar-refractivity contribution in [1.82, 2.24) is 14.9 Å². The normalized spacial score (nSPS) is 20.5. The standard InChI is InChI=1S/C24H21F3N4O/c25-24(26,27)19-4-1-3-18(13-19)16-5-7-17(8-6-16)22(32)31-20-9-10-21(31)15-30(14-20)23-28-11-2-12-29-23/h1-8,11-13,20-21H,9-10,14-15H2.